The van der Waals surface area contributed by atoms with E-state index in [9.17, 15) is 13.6 Å². The Hall–Kier alpha value is -2.80. The number of carbonyl (C=O) groups is 1. The van der Waals surface area contributed by atoms with Crippen molar-refractivity contribution in [2.45, 2.75) is 18.9 Å². The second-order valence-electron chi connectivity index (χ2n) is 5.94. The molecule has 0 aliphatic carbocycles. The van der Waals surface area contributed by atoms with Gasteiger partial charge < -0.3 is 15.0 Å². The van der Waals surface area contributed by atoms with E-state index < -0.39 is 11.6 Å². The second kappa shape index (κ2) is 6.25. The van der Waals surface area contributed by atoms with Gasteiger partial charge in [0.05, 0.1) is 11.0 Å². The highest BCUT2D eigenvalue weighted by Gasteiger charge is 2.23. The number of carbonyl (C=O) groups excluding carboxylic acids is 1. The highest BCUT2D eigenvalue weighted by Crippen LogP contribution is 2.24. The van der Waals surface area contributed by atoms with Gasteiger partial charge >= 0.3 is 0 Å². The van der Waals surface area contributed by atoms with Crippen LogP contribution in [0.4, 0.5) is 14.5 Å². The summed E-state index contributed by atoms with van der Waals surface area (Å²) in [4.78, 5) is 19.3. The van der Waals surface area contributed by atoms with Gasteiger partial charge in [-0.25, -0.2) is 13.8 Å². The zero-order chi connectivity index (χ0) is 17.4. The third kappa shape index (κ3) is 3.10. The van der Waals surface area contributed by atoms with Crippen LogP contribution in [0.1, 0.15) is 12.8 Å². The maximum atomic E-state index is 13.3. The maximum Gasteiger partial charge on any atom is 0.253 e. The summed E-state index contributed by atoms with van der Waals surface area (Å²) < 4.78 is 31.9. The lowest BCUT2D eigenvalue weighted by Crippen LogP contribution is -2.26. The lowest BCUT2D eigenvalue weighted by atomic mass is 10.2. The number of hydrogen-bond acceptors (Lipinski definition) is 3. The number of nitrogens with zero attached hydrogens (tertiary/aromatic N) is 1. The van der Waals surface area contributed by atoms with Crippen molar-refractivity contribution in [2.75, 3.05) is 11.9 Å². The van der Waals surface area contributed by atoms with Gasteiger partial charge in [-0.2, -0.15) is 0 Å². The van der Waals surface area contributed by atoms with E-state index in [-0.39, 0.29) is 12.0 Å². The minimum Gasteiger partial charge on any atom is -0.368 e. The van der Waals surface area contributed by atoms with Gasteiger partial charge in [0.1, 0.15) is 11.9 Å². The molecule has 1 saturated heterocycles. The molecule has 1 fully saturated rings. The molecule has 3 aromatic rings. The first-order chi connectivity index (χ1) is 12.1. The van der Waals surface area contributed by atoms with Gasteiger partial charge in [0.15, 0.2) is 11.6 Å². The second-order valence-corrected chi connectivity index (χ2v) is 5.94. The SMILES string of the molecule is O=C(Nc1ccc(-c2nc3cc(F)c(F)cc3[nH]2)cc1)[C@@H]1CCCO1. The van der Waals surface area contributed by atoms with E-state index in [1.165, 1.54) is 0 Å². The molecule has 1 aliphatic heterocycles. The van der Waals surface area contributed by atoms with Crippen LogP contribution in [-0.4, -0.2) is 28.6 Å². The summed E-state index contributed by atoms with van der Waals surface area (Å²) in [6, 6.07) is 9.18. The van der Waals surface area contributed by atoms with Gasteiger partial charge in [-0.3, -0.25) is 4.79 Å². The van der Waals surface area contributed by atoms with E-state index >= 15 is 0 Å². The molecule has 4 rings (SSSR count). The van der Waals surface area contributed by atoms with Crippen LogP contribution in [0, 0.1) is 11.6 Å². The zero-order valence-electron chi connectivity index (χ0n) is 13.2. The highest BCUT2D eigenvalue weighted by atomic mass is 19.2. The van der Waals surface area contributed by atoms with Crippen molar-refractivity contribution in [3.8, 4) is 11.4 Å². The lowest BCUT2D eigenvalue weighted by molar-refractivity contribution is -0.124. The number of ether oxygens (including phenoxy) is 1. The van der Waals surface area contributed by atoms with E-state index in [2.05, 4.69) is 15.3 Å². The van der Waals surface area contributed by atoms with Gasteiger partial charge in [-0.1, -0.05) is 0 Å². The number of rotatable bonds is 3. The van der Waals surface area contributed by atoms with E-state index in [1.54, 1.807) is 24.3 Å². The van der Waals surface area contributed by atoms with Crippen molar-refractivity contribution in [2.24, 2.45) is 0 Å². The van der Waals surface area contributed by atoms with Crippen LogP contribution in [0.15, 0.2) is 36.4 Å². The van der Waals surface area contributed by atoms with Crippen LogP contribution >= 0.6 is 0 Å². The number of halogens is 2. The summed E-state index contributed by atoms with van der Waals surface area (Å²) in [5, 5.41) is 2.81. The molecule has 0 radical (unpaired) electrons. The van der Waals surface area contributed by atoms with Crippen molar-refractivity contribution < 1.29 is 18.3 Å². The van der Waals surface area contributed by atoms with Gasteiger partial charge in [-0.05, 0) is 37.1 Å². The Balaban J connectivity index is 1.54. The van der Waals surface area contributed by atoms with Crippen molar-refractivity contribution in [3.63, 3.8) is 0 Å². The first-order valence-corrected chi connectivity index (χ1v) is 7.98. The summed E-state index contributed by atoms with van der Waals surface area (Å²) in [5.41, 5.74) is 2.17. The van der Waals surface area contributed by atoms with Crippen LogP contribution in [0.2, 0.25) is 0 Å². The van der Waals surface area contributed by atoms with Crippen LogP contribution in [0.5, 0.6) is 0 Å². The number of aromatic amines is 1. The van der Waals surface area contributed by atoms with Gasteiger partial charge in [-0.15, -0.1) is 0 Å². The van der Waals surface area contributed by atoms with Crippen molar-refractivity contribution in [1.82, 2.24) is 9.97 Å². The monoisotopic (exact) mass is 343 g/mol. The van der Waals surface area contributed by atoms with Gasteiger partial charge in [0.2, 0.25) is 0 Å². The molecule has 0 bridgehead atoms. The average molecular weight is 343 g/mol. The fourth-order valence-corrected chi connectivity index (χ4v) is 2.86. The summed E-state index contributed by atoms with van der Waals surface area (Å²) in [6.45, 7) is 0.615. The van der Waals surface area contributed by atoms with Crippen molar-refractivity contribution in [1.29, 1.82) is 0 Å². The molecule has 0 unspecified atom stereocenters. The minimum atomic E-state index is -0.933. The minimum absolute atomic E-state index is 0.153. The number of fused-ring (bicyclic) bond motifs is 1. The Labute approximate surface area is 142 Å². The molecule has 0 spiro atoms. The molecule has 1 aliphatic rings. The molecule has 25 heavy (non-hydrogen) atoms. The number of hydrogen-bond donors (Lipinski definition) is 2. The number of H-pyrrole nitrogens is 1. The third-order valence-electron chi connectivity index (χ3n) is 4.17. The topological polar surface area (TPSA) is 67.0 Å². The van der Waals surface area contributed by atoms with Crippen LogP contribution < -0.4 is 5.32 Å². The normalized spacial score (nSPS) is 17.1. The predicted octanol–water partition coefficient (Wildman–Crippen LogP) is 3.63. The Morgan fingerprint density at radius 3 is 2.68 bits per heavy atom. The quantitative estimate of drug-likeness (QED) is 0.763. The van der Waals surface area contributed by atoms with Crippen molar-refractivity contribution in [3.05, 3.63) is 48.0 Å². The Bertz CT molecular complexity index is 892. The smallest absolute Gasteiger partial charge is 0.253 e. The molecular weight excluding hydrogens is 328 g/mol. The van der Waals surface area contributed by atoms with E-state index in [0.29, 0.717) is 29.2 Å². The molecule has 2 heterocycles. The van der Waals surface area contributed by atoms with E-state index in [0.717, 1.165) is 30.5 Å². The molecular formula is C18H15F2N3O2. The first-order valence-electron chi connectivity index (χ1n) is 7.98. The fourth-order valence-electron chi connectivity index (χ4n) is 2.86. The Kier molecular flexibility index (Phi) is 3.93. The largest absolute Gasteiger partial charge is 0.368 e. The Morgan fingerprint density at radius 2 is 1.96 bits per heavy atom. The molecule has 0 saturated carbocycles. The molecule has 2 N–H and O–H groups in total. The zero-order valence-corrected chi connectivity index (χ0v) is 13.2. The maximum absolute atomic E-state index is 13.3. The predicted molar refractivity (Wildman–Crippen MR) is 89.0 cm³/mol. The summed E-state index contributed by atoms with van der Waals surface area (Å²) in [5.74, 6) is -1.51. The third-order valence-corrected chi connectivity index (χ3v) is 4.17. The van der Waals surface area contributed by atoms with E-state index in [4.69, 9.17) is 4.74 Å². The number of aromatic nitrogens is 2. The van der Waals surface area contributed by atoms with Crippen LogP contribution in [0.3, 0.4) is 0 Å². The van der Waals surface area contributed by atoms with Crippen molar-refractivity contribution >= 4 is 22.6 Å². The molecule has 7 heteroatoms. The molecule has 5 nitrogen and oxygen atoms in total. The average Bonchev–Trinajstić information content (AvgIpc) is 3.26. The van der Waals surface area contributed by atoms with Crippen LogP contribution in [0.25, 0.3) is 22.4 Å². The standard InChI is InChI=1S/C18H15F2N3O2/c19-12-8-14-15(9-13(12)20)23-17(22-14)10-3-5-11(6-4-10)21-18(24)16-2-1-7-25-16/h3-6,8-9,16H,1-2,7H2,(H,21,24)(H,22,23)/t16-/m0/s1. The molecule has 2 aromatic carbocycles. The highest BCUT2D eigenvalue weighted by molar-refractivity contribution is 5.94. The lowest BCUT2D eigenvalue weighted by Gasteiger charge is -2.10. The summed E-state index contributed by atoms with van der Waals surface area (Å²) in [6.07, 6.45) is 1.24. The number of benzene rings is 2. The molecule has 128 valence electrons. The molecule has 1 atom stereocenters. The fraction of sp³-hybridized carbons (Fsp3) is 0.222. The first kappa shape index (κ1) is 15.7. The molecule has 1 amide bonds. The Morgan fingerprint density at radius 1 is 1.20 bits per heavy atom. The number of nitrogens with one attached hydrogen (secondary N) is 2. The van der Waals surface area contributed by atoms with E-state index in [1.807, 2.05) is 0 Å². The molecule has 1 aromatic heterocycles. The number of anilines is 1. The van der Waals surface area contributed by atoms with Crippen LogP contribution in [-0.2, 0) is 9.53 Å². The summed E-state index contributed by atoms with van der Waals surface area (Å²) in [7, 11) is 0. The van der Waals surface area contributed by atoms with Gasteiger partial charge in [0, 0.05) is 30.0 Å². The summed E-state index contributed by atoms with van der Waals surface area (Å²) >= 11 is 0. The number of imidazole rings is 1. The van der Waals surface area contributed by atoms with Gasteiger partial charge in [0.25, 0.3) is 5.91 Å². The number of amides is 1.